The maximum absolute atomic E-state index is 12.8. The van der Waals surface area contributed by atoms with Crippen molar-refractivity contribution in [1.29, 1.82) is 0 Å². The van der Waals surface area contributed by atoms with E-state index >= 15 is 0 Å². The van der Waals surface area contributed by atoms with Crippen molar-refractivity contribution < 1.29 is 14.3 Å². The molecule has 0 aromatic heterocycles. The van der Waals surface area contributed by atoms with E-state index in [0.717, 1.165) is 15.7 Å². The monoisotopic (exact) mass is 422 g/mol. The van der Waals surface area contributed by atoms with Gasteiger partial charge in [0.15, 0.2) is 17.2 Å². The third-order valence-electron chi connectivity index (χ3n) is 4.61. The molecule has 2 amide bonds. The van der Waals surface area contributed by atoms with Gasteiger partial charge in [0.2, 0.25) is 0 Å². The summed E-state index contributed by atoms with van der Waals surface area (Å²) in [7, 11) is 1.60. The van der Waals surface area contributed by atoms with E-state index in [-0.39, 0.29) is 12.1 Å². The minimum atomic E-state index is -0.824. The number of hydrogen-bond acceptors (Lipinski definition) is 3. The summed E-state index contributed by atoms with van der Waals surface area (Å²) >= 11 is 9.46. The highest BCUT2D eigenvalue weighted by molar-refractivity contribution is 9.10. The number of nitrogens with zero attached hydrogens (tertiary/aromatic N) is 1. The van der Waals surface area contributed by atoms with Crippen LogP contribution in [0.4, 0.5) is 10.5 Å². The highest BCUT2D eigenvalue weighted by Crippen LogP contribution is 2.50. The Balaban J connectivity index is 1.82. The normalized spacial score (nSPS) is 24.2. The van der Waals surface area contributed by atoms with E-state index in [4.69, 9.17) is 21.1 Å². The molecule has 2 aromatic carbocycles. The number of benzene rings is 2. The summed E-state index contributed by atoms with van der Waals surface area (Å²) in [5, 5.41) is 3.68. The first kappa shape index (κ1) is 16.5. The number of ether oxygens (including phenoxy) is 2. The van der Waals surface area contributed by atoms with Crippen molar-refractivity contribution in [2.45, 2.75) is 25.1 Å². The van der Waals surface area contributed by atoms with Gasteiger partial charge in [0.25, 0.3) is 0 Å². The fourth-order valence-corrected chi connectivity index (χ4v) is 4.11. The van der Waals surface area contributed by atoms with E-state index in [9.17, 15) is 4.79 Å². The second kappa shape index (κ2) is 5.81. The van der Waals surface area contributed by atoms with Crippen LogP contribution >= 0.6 is 27.5 Å². The maximum Gasteiger partial charge on any atom is 0.325 e. The second-order valence-corrected chi connectivity index (χ2v) is 7.67. The van der Waals surface area contributed by atoms with E-state index in [1.165, 1.54) is 0 Å². The predicted octanol–water partition coefficient (Wildman–Crippen LogP) is 4.88. The van der Waals surface area contributed by atoms with Gasteiger partial charge in [0.05, 0.1) is 13.2 Å². The zero-order valence-electron chi connectivity index (χ0n) is 13.7. The first-order valence-electron chi connectivity index (χ1n) is 7.84. The lowest BCUT2D eigenvalue weighted by atomic mass is 9.90. The molecule has 5 nitrogen and oxygen atoms in total. The van der Waals surface area contributed by atoms with E-state index in [0.29, 0.717) is 22.9 Å². The van der Waals surface area contributed by atoms with Gasteiger partial charge < -0.3 is 14.8 Å². The summed E-state index contributed by atoms with van der Waals surface area (Å²) in [6, 6.07) is 10.6. The number of methoxy groups -OCH3 is 1. The van der Waals surface area contributed by atoms with Crippen LogP contribution in [0, 0.1) is 0 Å². The van der Waals surface area contributed by atoms with Crippen LogP contribution in [-0.2, 0) is 0 Å². The molecule has 2 heterocycles. The first-order chi connectivity index (χ1) is 11.9. The lowest BCUT2D eigenvalue weighted by Gasteiger charge is -2.50. The standard InChI is InChI=1S/C18H16BrClN2O3/c1-18-9-14(13-7-10(19)8-15(24-2)16(13)25-18)21-17(23)22(18)12-5-3-11(20)4-6-12/h3-8,14H,9H2,1-2H3,(H,21,23)/t14-,18+/m0/s1. The van der Waals surface area contributed by atoms with Crippen LogP contribution in [0.5, 0.6) is 11.5 Å². The van der Waals surface area contributed by atoms with Gasteiger partial charge in [-0.1, -0.05) is 27.5 Å². The number of carbonyl (C=O) groups is 1. The maximum atomic E-state index is 12.8. The number of rotatable bonds is 2. The summed E-state index contributed by atoms with van der Waals surface area (Å²) in [5.41, 5.74) is 0.810. The van der Waals surface area contributed by atoms with Crippen molar-refractivity contribution in [2.24, 2.45) is 0 Å². The van der Waals surface area contributed by atoms with Gasteiger partial charge >= 0.3 is 6.03 Å². The average molecular weight is 424 g/mol. The smallest absolute Gasteiger partial charge is 0.325 e. The van der Waals surface area contributed by atoms with Gasteiger partial charge in [-0.15, -0.1) is 0 Å². The summed E-state index contributed by atoms with van der Waals surface area (Å²) in [6.07, 6.45) is 0.619. The molecule has 1 fully saturated rings. The zero-order chi connectivity index (χ0) is 17.8. The van der Waals surface area contributed by atoms with Crippen molar-refractivity contribution in [3.8, 4) is 11.5 Å². The number of carbonyl (C=O) groups excluding carboxylic acids is 1. The molecule has 0 saturated carbocycles. The molecule has 0 spiro atoms. The van der Waals surface area contributed by atoms with Gasteiger partial charge in [-0.2, -0.15) is 0 Å². The summed E-state index contributed by atoms with van der Waals surface area (Å²) in [4.78, 5) is 14.4. The molecule has 0 radical (unpaired) electrons. The Morgan fingerprint density at radius 1 is 1.36 bits per heavy atom. The van der Waals surface area contributed by atoms with Gasteiger partial charge in [-0.05, 0) is 43.3 Å². The van der Waals surface area contributed by atoms with E-state index in [1.807, 2.05) is 31.2 Å². The highest BCUT2D eigenvalue weighted by Gasteiger charge is 2.50. The zero-order valence-corrected chi connectivity index (χ0v) is 16.0. The Bertz CT molecular complexity index is 858. The third-order valence-corrected chi connectivity index (χ3v) is 5.32. The van der Waals surface area contributed by atoms with Crippen molar-refractivity contribution in [3.05, 3.63) is 51.5 Å². The van der Waals surface area contributed by atoms with Gasteiger partial charge in [0.1, 0.15) is 0 Å². The fourth-order valence-electron chi connectivity index (χ4n) is 3.53. The van der Waals surface area contributed by atoms with Crippen LogP contribution in [-0.4, -0.2) is 18.9 Å². The van der Waals surface area contributed by atoms with Crippen LogP contribution in [0.25, 0.3) is 0 Å². The van der Waals surface area contributed by atoms with Crippen LogP contribution in [0.2, 0.25) is 5.02 Å². The topological polar surface area (TPSA) is 50.8 Å². The molecule has 7 heteroatoms. The number of urea groups is 1. The van der Waals surface area contributed by atoms with Gasteiger partial charge in [-0.25, -0.2) is 4.79 Å². The summed E-state index contributed by atoms with van der Waals surface area (Å²) < 4.78 is 12.7. The van der Waals surface area contributed by atoms with E-state index in [2.05, 4.69) is 21.2 Å². The molecular weight excluding hydrogens is 408 g/mol. The lowest BCUT2D eigenvalue weighted by molar-refractivity contribution is 0.0349. The Morgan fingerprint density at radius 3 is 2.76 bits per heavy atom. The van der Waals surface area contributed by atoms with E-state index in [1.54, 1.807) is 24.1 Å². The Labute approximate surface area is 159 Å². The molecule has 2 aliphatic rings. The number of anilines is 1. The summed E-state index contributed by atoms with van der Waals surface area (Å²) in [6.45, 7) is 1.91. The Kier molecular flexibility index (Phi) is 3.85. The molecule has 0 aliphatic carbocycles. The quantitative estimate of drug-likeness (QED) is 0.749. The number of halogens is 2. The molecule has 2 aromatic rings. The van der Waals surface area contributed by atoms with Gasteiger partial charge in [0, 0.05) is 27.2 Å². The molecule has 4 rings (SSSR count). The Hall–Kier alpha value is -1.92. The molecule has 0 unspecified atom stereocenters. The van der Waals surface area contributed by atoms with Gasteiger partial charge in [-0.3, -0.25) is 4.90 Å². The van der Waals surface area contributed by atoms with Crippen molar-refractivity contribution in [1.82, 2.24) is 5.32 Å². The molecule has 130 valence electrons. The molecule has 2 bridgehead atoms. The average Bonchev–Trinajstić information content (AvgIpc) is 2.56. The van der Waals surface area contributed by atoms with Crippen LogP contribution < -0.4 is 19.7 Å². The van der Waals surface area contributed by atoms with Crippen LogP contribution in [0.15, 0.2) is 40.9 Å². The number of amides is 2. The Morgan fingerprint density at radius 2 is 2.08 bits per heavy atom. The van der Waals surface area contributed by atoms with Crippen LogP contribution in [0.1, 0.15) is 24.9 Å². The third kappa shape index (κ3) is 2.64. The van der Waals surface area contributed by atoms with Crippen molar-refractivity contribution in [2.75, 3.05) is 12.0 Å². The number of fused-ring (bicyclic) bond motifs is 4. The molecule has 1 saturated heterocycles. The predicted molar refractivity (Wildman–Crippen MR) is 99.5 cm³/mol. The molecule has 2 aliphatic heterocycles. The second-order valence-electron chi connectivity index (χ2n) is 6.32. The minimum Gasteiger partial charge on any atom is -0.493 e. The molecular formula is C18H16BrClN2O3. The van der Waals surface area contributed by atoms with Crippen molar-refractivity contribution >= 4 is 39.2 Å². The summed E-state index contributed by atoms with van der Waals surface area (Å²) in [5.74, 6) is 1.29. The van der Waals surface area contributed by atoms with E-state index < -0.39 is 5.72 Å². The minimum absolute atomic E-state index is 0.142. The molecule has 1 N–H and O–H groups in total. The number of hydrogen-bond donors (Lipinski definition) is 1. The largest absolute Gasteiger partial charge is 0.493 e. The van der Waals surface area contributed by atoms with Crippen LogP contribution in [0.3, 0.4) is 0 Å². The van der Waals surface area contributed by atoms with Crippen molar-refractivity contribution in [3.63, 3.8) is 0 Å². The fraction of sp³-hybridized carbons (Fsp3) is 0.278. The SMILES string of the molecule is COc1cc(Br)cc2c1O[C@]1(C)C[C@@H]2NC(=O)N1c1ccc(Cl)cc1. The lowest BCUT2D eigenvalue weighted by Crippen LogP contribution is -2.65. The molecule has 2 atom stereocenters. The molecule has 25 heavy (non-hydrogen) atoms. The highest BCUT2D eigenvalue weighted by atomic mass is 79.9. The first-order valence-corrected chi connectivity index (χ1v) is 9.01. The number of nitrogens with one attached hydrogen (secondary N) is 1.